The number of carbonyl (C=O) groups is 1. The highest BCUT2D eigenvalue weighted by atomic mass is 35.5. The Labute approximate surface area is 158 Å². The summed E-state index contributed by atoms with van der Waals surface area (Å²) < 4.78 is 5.69. The predicted octanol–water partition coefficient (Wildman–Crippen LogP) is 3.53. The third-order valence-electron chi connectivity index (χ3n) is 4.51. The highest BCUT2D eigenvalue weighted by molar-refractivity contribution is 5.85. The molecule has 0 saturated carbocycles. The van der Waals surface area contributed by atoms with Gasteiger partial charge in [0, 0.05) is 13.1 Å². The van der Waals surface area contributed by atoms with Gasteiger partial charge in [0.05, 0.1) is 13.0 Å². The highest BCUT2D eigenvalue weighted by Gasteiger charge is 2.22. The van der Waals surface area contributed by atoms with Gasteiger partial charge in [0.25, 0.3) is 0 Å². The number of amides is 1. The number of ether oxygens (including phenoxy) is 1. The van der Waals surface area contributed by atoms with E-state index in [9.17, 15) is 4.79 Å². The summed E-state index contributed by atoms with van der Waals surface area (Å²) >= 11 is 0. The van der Waals surface area contributed by atoms with Crippen molar-refractivity contribution in [2.24, 2.45) is 11.8 Å². The van der Waals surface area contributed by atoms with Gasteiger partial charge >= 0.3 is 0 Å². The summed E-state index contributed by atoms with van der Waals surface area (Å²) in [5.74, 6) is 2.35. The van der Waals surface area contributed by atoms with Crippen molar-refractivity contribution in [3.63, 3.8) is 0 Å². The number of nitrogens with one attached hydrogen (secondary N) is 1. The Hall–Kier alpha value is -1.26. The van der Waals surface area contributed by atoms with Crippen LogP contribution in [0.2, 0.25) is 0 Å². The summed E-state index contributed by atoms with van der Waals surface area (Å²) in [4.78, 5) is 14.5. The smallest absolute Gasteiger partial charge is 0.226 e. The zero-order valence-electron chi connectivity index (χ0n) is 15.8. The maximum atomic E-state index is 12.5. The molecule has 4 nitrogen and oxygen atoms in total. The van der Waals surface area contributed by atoms with Gasteiger partial charge in [-0.1, -0.05) is 32.9 Å². The minimum absolute atomic E-state index is 0. The van der Waals surface area contributed by atoms with E-state index in [1.807, 2.05) is 29.2 Å². The van der Waals surface area contributed by atoms with Crippen LogP contribution in [0.4, 0.5) is 0 Å². The molecule has 1 aliphatic heterocycles. The first-order chi connectivity index (χ1) is 11.6. The Bertz CT molecular complexity index is 497. The second-order valence-corrected chi connectivity index (χ2v) is 7.16. The van der Waals surface area contributed by atoms with E-state index in [2.05, 4.69) is 26.1 Å². The summed E-state index contributed by atoms with van der Waals surface area (Å²) in [6.07, 6.45) is 2.71. The van der Waals surface area contributed by atoms with Gasteiger partial charge in [-0.2, -0.15) is 0 Å². The van der Waals surface area contributed by atoms with Crippen LogP contribution in [-0.2, 0) is 11.2 Å². The van der Waals surface area contributed by atoms with Crippen LogP contribution in [0, 0.1) is 11.8 Å². The minimum atomic E-state index is 0. The number of hydrogen-bond acceptors (Lipinski definition) is 3. The van der Waals surface area contributed by atoms with Gasteiger partial charge in [0.15, 0.2) is 0 Å². The summed E-state index contributed by atoms with van der Waals surface area (Å²) in [6, 6.07) is 7.94. The number of halogens is 1. The van der Waals surface area contributed by atoms with Crippen molar-refractivity contribution in [1.82, 2.24) is 10.2 Å². The molecule has 0 bridgehead atoms. The molecule has 1 aromatic carbocycles. The molecule has 1 amide bonds. The molecule has 1 aliphatic rings. The van der Waals surface area contributed by atoms with Crippen molar-refractivity contribution in [3.05, 3.63) is 29.8 Å². The third-order valence-corrected chi connectivity index (χ3v) is 4.51. The van der Waals surface area contributed by atoms with Gasteiger partial charge in [0.2, 0.25) is 5.91 Å². The molecule has 0 spiro atoms. The quantitative estimate of drug-likeness (QED) is 0.763. The number of nitrogens with zero attached hydrogens (tertiary/aromatic N) is 1. The first-order valence-corrected chi connectivity index (χ1v) is 9.28. The number of hydrogen-bond donors (Lipinski definition) is 1. The Balaban J connectivity index is 0.00000312. The van der Waals surface area contributed by atoms with Crippen LogP contribution in [0.25, 0.3) is 0 Å². The summed E-state index contributed by atoms with van der Waals surface area (Å²) in [7, 11) is 0. The Kier molecular flexibility index (Phi) is 9.91. The Morgan fingerprint density at radius 1 is 1.24 bits per heavy atom. The van der Waals surface area contributed by atoms with E-state index in [4.69, 9.17) is 4.74 Å². The van der Waals surface area contributed by atoms with E-state index in [1.54, 1.807) is 0 Å². The van der Waals surface area contributed by atoms with Gasteiger partial charge in [-0.05, 0) is 55.5 Å². The number of rotatable bonds is 8. The van der Waals surface area contributed by atoms with Crippen molar-refractivity contribution in [2.45, 2.75) is 40.0 Å². The van der Waals surface area contributed by atoms with Crippen LogP contribution in [0.15, 0.2) is 24.3 Å². The Morgan fingerprint density at radius 2 is 1.88 bits per heavy atom. The van der Waals surface area contributed by atoms with Crippen molar-refractivity contribution in [1.29, 1.82) is 0 Å². The monoisotopic (exact) mass is 368 g/mol. The average Bonchev–Trinajstić information content (AvgIpc) is 2.59. The van der Waals surface area contributed by atoms with Crippen molar-refractivity contribution in [2.75, 3.05) is 32.8 Å². The predicted molar refractivity (Wildman–Crippen MR) is 106 cm³/mol. The lowest BCUT2D eigenvalue weighted by atomic mass is 9.96. The fourth-order valence-corrected chi connectivity index (χ4v) is 2.99. The van der Waals surface area contributed by atoms with Gasteiger partial charge in [0.1, 0.15) is 5.75 Å². The molecule has 2 rings (SSSR count). The van der Waals surface area contributed by atoms with Gasteiger partial charge < -0.3 is 15.0 Å². The van der Waals surface area contributed by atoms with E-state index >= 15 is 0 Å². The van der Waals surface area contributed by atoms with Crippen LogP contribution >= 0.6 is 12.4 Å². The number of carbonyl (C=O) groups excluding carboxylic acids is 1. The fourth-order valence-electron chi connectivity index (χ4n) is 2.99. The molecule has 0 atom stereocenters. The number of likely N-dealkylation sites (tertiary alicyclic amines) is 1. The summed E-state index contributed by atoms with van der Waals surface area (Å²) in [5.41, 5.74) is 1.06. The van der Waals surface area contributed by atoms with Crippen LogP contribution in [-0.4, -0.2) is 43.6 Å². The molecule has 1 fully saturated rings. The maximum absolute atomic E-state index is 12.5. The molecule has 1 aromatic rings. The second-order valence-electron chi connectivity index (χ2n) is 7.16. The van der Waals surface area contributed by atoms with Crippen LogP contribution in [0.5, 0.6) is 5.75 Å². The lowest BCUT2D eigenvalue weighted by Crippen LogP contribution is -2.41. The van der Waals surface area contributed by atoms with Gasteiger partial charge in [-0.15, -0.1) is 12.4 Å². The molecule has 25 heavy (non-hydrogen) atoms. The summed E-state index contributed by atoms with van der Waals surface area (Å²) in [6.45, 7) is 11.0. The Morgan fingerprint density at radius 3 is 2.44 bits per heavy atom. The molecule has 1 saturated heterocycles. The normalized spacial score (nSPS) is 15.1. The molecule has 1 heterocycles. The molecule has 0 aliphatic carbocycles. The van der Waals surface area contributed by atoms with Crippen molar-refractivity contribution < 1.29 is 9.53 Å². The SMILES string of the molecule is CCNCC1CCN(C(=O)Cc2ccc(OCC(C)C)cc2)CC1.Cl. The van der Waals surface area contributed by atoms with E-state index in [0.29, 0.717) is 18.3 Å². The summed E-state index contributed by atoms with van der Waals surface area (Å²) in [5, 5.41) is 3.41. The largest absolute Gasteiger partial charge is 0.493 e. The topological polar surface area (TPSA) is 41.6 Å². The zero-order valence-corrected chi connectivity index (χ0v) is 16.6. The van der Waals surface area contributed by atoms with E-state index in [1.165, 1.54) is 0 Å². The van der Waals surface area contributed by atoms with E-state index < -0.39 is 0 Å². The van der Waals surface area contributed by atoms with E-state index in [-0.39, 0.29) is 18.3 Å². The molecule has 0 aromatic heterocycles. The molecule has 5 heteroatoms. The lowest BCUT2D eigenvalue weighted by Gasteiger charge is -2.32. The molecular weight excluding hydrogens is 336 g/mol. The number of piperidine rings is 1. The fraction of sp³-hybridized carbons (Fsp3) is 0.650. The maximum Gasteiger partial charge on any atom is 0.226 e. The van der Waals surface area contributed by atoms with E-state index in [0.717, 1.165) is 56.9 Å². The first-order valence-electron chi connectivity index (χ1n) is 9.28. The van der Waals surface area contributed by atoms with Gasteiger partial charge in [-0.3, -0.25) is 4.79 Å². The molecular formula is C20H33ClN2O2. The van der Waals surface area contributed by atoms with Crippen molar-refractivity contribution >= 4 is 18.3 Å². The zero-order chi connectivity index (χ0) is 17.4. The minimum Gasteiger partial charge on any atom is -0.493 e. The molecule has 0 unspecified atom stereocenters. The molecule has 0 radical (unpaired) electrons. The lowest BCUT2D eigenvalue weighted by molar-refractivity contribution is -0.131. The highest BCUT2D eigenvalue weighted by Crippen LogP contribution is 2.18. The first kappa shape index (κ1) is 21.8. The number of benzene rings is 1. The molecule has 1 N–H and O–H groups in total. The third kappa shape index (κ3) is 7.66. The second kappa shape index (κ2) is 11.4. The van der Waals surface area contributed by atoms with Crippen LogP contribution in [0.1, 0.15) is 39.2 Å². The van der Waals surface area contributed by atoms with Crippen LogP contribution < -0.4 is 10.1 Å². The van der Waals surface area contributed by atoms with Crippen LogP contribution in [0.3, 0.4) is 0 Å². The average molecular weight is 369 g/mol. The van der Waals surface area contributed by atoms with Crippen molar-refractivity contribution in [3.8, 4) is 5.75 Å². The van der Waals surface area contributed by atoms with Gasteiger partial charge in [-0.25, -0.2) is 0 Å². The molecule has 142 valence electrons. The standard InChI is InChI=1S/C20H32N2O2.ClH/c1-4-21-14-18-9-11-22(12-10-18)20(23)13-17-5-7-19(8-6-17)24-15-16(2)3;/h5-8,16,18,21H,4,9-15H2,1-3H3;1H.